The molecule has 1 fully saturated rings. The molecular formula is C9H18N2. The van der Waals surface area contributed by atoms with E-state index in [2.05, 4.69) is 13.8 Å². The summed E-state index contributed by atoms with van der Waals surface area (Å²) in [5, 5.41) is 6.25. The monoisotopic (exact) mass is 154 g/mol. The standard InChI is InChI=1S/C8H17N.CN/c1-3-9-6-4-5-8(2)7-9;1-2/h8H,3-7H2,1-2H3;/q;-1/p+1. The number of hydrogen-bond acceptors (Lipinski definition) is 1. The molecule has 0 aromatic rings. The van der Waals surface area contributed by atoms with Crippen LogP contribution in [0.3, 0.4) is 0 Å². The fourth-order valence-electron chi connectivity index (χ4n) is 1.72. The van der Waals surface area contributed by atoms with Crippen molar-refractivity contribution in [2.45, 2.75) is 26.7 Å². The highest BCUT2D eigenvalue weighted by Gasteiger charge is 2.16. The third kappa shape index (κ3) is 4.00. The van der Waals surface area contributed by atoms with Gasteiger partial charge in [-0.05, 0) is 19.8 Å². The quantitative estimate of drug-likeness (QED) is 0.545. The Morgan fingerprint density at radius 1 is 1.55 bits per heavy atom. The second-order valence-electron chi connectivity index (χ2n) is 3.31. The molecule has 1 heterocycles. The van der Waals surface area contributed by atoms with Gasteiger partial charge in [0.05, 0.1) is 19.6 Å². The molecule has 64 valence electrons. The molecule has 2 unspecified atom stereocenters. The van der Waals surface area contributed by atoms with E-state index in [1.165, 1.54) is 32.5 Å². The Labute approximate surface area is 69.8 Å². The first-order valence-corrected chi connectivity index (χ1v) is 4.39. The van der Waals surface area contributed by atoms with Gasteiger partial charge in [0, 0.05) is 5.92 Å². The first-order chi connectivity index (χ1) is 5.33. The minimum absolute atomic E-state index is 0.980. The van der Waals surface area contributed by atoms with Gasteiger partial charge in [-0.1, -0.05) is 6.92 Å². The van der Waals surface area contributed by atoms with Crippen molar-refractivity contribution < 1.29 is 4.90 Å². The van der Waals surface area contributed by atoms with Crippen LogP contribution in [0.5, 0.6) is 0 Å². The van der Waals surface area contributed by atoms with Gasteiger partial charge in [-0.15, -0.1) is 0 Å². The van der Waals surface area contributed by atoms with Crippen molar-refractivity contribution in [3.63, 3.8) is 0 Å². The Balaban J connectivity index is 0.000000461. The number of nitrogens with one attached hydrogen (secondary N) is 1. The van der Waals surface area contributed by atoms with E-state index >= 15 is 0 Å². The average molecular weight is 154 g/mol. The summed E-state index contributed by atoms with van der Waals surface area (Å²) in [5.74, 6) is 0.980. The first kappa shape index (κ1) is 10.4. The molecule has 1 N–H and O–H groups in total. The predicted octanol–water partition coefficient (Wildman–Crippen LogP) is 0.417. The molecule has 0 amide bonds. The number of piperidine rings is 1. The van der Waals surface area contributed by atoms with Crippen LogP contribution in [0.25, 0.3) is 0 Å². The Morgan fingerprint density at radius 3 is 2.55 bits per heavy atom. The Bertz CT molecular complexity index is 109. The summed E-state index contributed by atoms with van der Waals surface area (Å²) < 4.78 is 0. The zero-order valence-electron chi connectivity index (χ0n) is 7.56. The second-order valence-corrected chi connectivity index (χ2v) is 3.31. The fourth-order valence-corrected chi connectivity index (χ4v) is 1.72. The van der Waals surface area contributed by atoms with Crippen molar-refractivity contribution in [1.29, 1.82) is 5.26 Å². The summed E-state index contributed by atoms with van der Waals surface area (Å²) in [4.78, 5) is 1.80. The van der Waals surface area contributed by atoms with Gasteiger partial charge in [-0.2, -0.15) is 0 Å². The summed E-state index contributed by atoms with van der Waals surface area (Å²) in [7, 11) is 0. The van der Waals surface area contributed by atoms with Crippen LogP contribution in [0.2, 0.25) is 0 Å². The average Bonchev–Trinajstić information content (AvgIpc) is 2.08. The highest BCUT2D eigenvalue weighted by molar-refractivity contribution is 4.54. The fraction of sp³-hybridized carbons (Fsp3) is 0.889. The summed E-state index contributed by atoms with van der Waals surface area (Å²) in [6, 6.07) is 0. The van der Waals surface area contributed by atoms with E-state index in [0.29, 0.717) is 0 Å². The van der Waals surface area contributed by atoms with E-state index in [9.17, 15) is 0 Å². The summed E-state index contributed by atoms with van der Waals surface area (Å²) in [6.45, 7) is 13.6. The van der Waals surface area contributed by atoms with Crippen LogP contribution in [-0.2, 0) is 0 Å². The highest BCUT2D eigenvalue weighted by Crippen LogP contribution is 2.04. The van der Waals surface area contributed by atoms with Gasteiger partial charge in [-0.3, -0.25) is 0 Å². The van der Waals surface area contributed by atoms with Crippen LogP contribution >= 0.6 is 0 Å². The lowest BCUT2D eigenvalue weighted by Gasteiger charge is -2.26. The summed E-state index contributed by atoms with van der Waals surface area (Å²) >= 11 is 0. The molecule has 1 rings (SSSR count). The normalized spacial score (nSPS) is 30.2. The van der Waals surface area contributed by atoms with E-state index < -0.39 is 0 Å². The molecule has 2 heteroatoms. The van der Waals surface area contributed by atoms with Crippen LogP contribution < -0.4 is 4.90 Å². The van der Waals surface area contributed by atoms with Crippen molar-refractivity contribution in [3.05, 3.63) is 6.57 Å². The SMILES string of the molecule is CC[NH+]1CCCC(C)C1.[C-]#N. The molecule has 2 nitrogen and oxygen atoms in total. The van der Waals surface area contributed by atoms with Gasteiger partial charge < -0.3 is 16.7 Å². The molecule has 0 aromatic heterocycles. The molecular weight excluding hydrogens is 136 g/mol. The van der Waals surface area contributed by atoms with Gasteiger partial charge in [0.25, 0.3) is 0 Å². The van der Waals surface area contributed by atoms with Crippen LogP contribution in [0.4, 0.5) is 0 Å². The number of likely N-dealkylation sites (tertiary alicyclic amines) is 1. The minimum Gasteiger partial charge on any atom is -0.512 e. The topological polar surface area (TPSA) is 28.2 Å². The predicted molar refractivity (Wildman–Crippen MR) is 44.6 cm³/mol. The Morgan fingerprint density at radius 2 is 2.18 bits per heavy atom. The van der Waals surface area contributed by atoms with Crippen molar-refractivity contribution in [2.24, 2.45) is 5.92 Å². The van der Waals surface area contributed by atoms with Gasteiger partial charge in [0.15, 0.2) is 0 Å². The molecule has 11 heavy (non-hydrogen) atoms. The van der Waals surface area contributed by atoms with E-state index in [-0.39, 0.29) is 0 Å². The highest BCUT2D eigenvalue weighted by atomic mass is 15.1. The van der Waals surface area contributed by atoms with Crippen molar-refractivity contribution in [3.8, 4) is 0 Å². The summed E-state index contributed by atoms with van der Waals surface area (Å²) in [6.07, 6.45) is 2.91. The maximum atomic E-state index is 6.25. The zero-order chi connectivity index (χ0) is 8.69. The lowest BCUT2D eigenvalue weighted by Crippen LogP contribution is -3.13. The molecule has 1 saturated heterocycles. The maximum absolute atomic E-state index is 6.25. The van der Waals surface area contributed by atoms with Gasteiger partial charge in [0.1, 0.15) is 0 Å². The third-order valence-electron chi connectivity index (χ3n) is 2.36. The minimum atomic E-state index is 0.980. The van der Waals surface area contributed by atoms with Crippen molar-refractivity contribution in [2.75, 3.05) is 19.6 Å². The largest absolute Gasteiger partial charge is 0.512 e. The van der Waals surface area contributed by atoms with Crippen LogP contribution in [-0.4, -0.2) is 19.6 Å². The molecule has 2 atom stereocenters. The lowest BCUT2D eigenvalue weighted by molar-refractivity contribution is -0.906. The van der Waals surface area contributed by atoms with E-state index in [1.54, 1.807) is 4.90 Å². The molecule has 1 aliphatic heterocycles. The summed E-state index contributed by atoms with van der Waals surface area (Å²) in [5.41, 5.74) is 0. The maximum Gasteiger partial charge on any atom is 0.0796 e. The first-order valence-electron chi connectivity index (χ1n) is 4.39. The van der Waals surface area contributed by atoms with Crippen molar-refractivity contribution in [1.82, 2.24) is 0 Å². The molecule has 0 aliphatic carbocycles. The van der Waals surface area contributed by atoms with E-state index in [0.717, 1.165) is 5.92 Å². The van der Waals surface area contributed by atoms with Gasteiger partial charge in [0.2, 0.25) is 0 Å². The van der Waals surface area contributed by atoms with E-state index in [4.69, 9.17) is 11.8 Å². The third-order valence-corrected chi connectivity index (χ3v) is 2.36. The Hall–Kier alpha value is -0.550. The number of rotatable bonds is 1. The second kappa shape index (κ2) is 6.18. The van der Waals surface area contributed by atoms with Crippen LogP contribution in [0.1, 0.15) is 26.7 Å². The van der Waals surface area contributed by atoms with Gasteiger partial charge >= 0.3 is 0 Å². The smallest absolute Gasteiger partial charge is 0.0796 e. The van der Waals surface area contributed by atoms with Crippen LogP contribution in [0.15, 0.2) is 0 Å². The number of quaternary nitrogens is 1. The molecule has 1 aliphatic rings. The van der Waals surface area contributed by atoms with Crippen molar-refractivity contribution >= 4 is 0 Å². The van der Waals surface area contributed by atoms with Gasteiger partial charge in [-0.25, -0.2) is 0 Å². The number of hydrogen-bond donors (Lipinski definition) is 1. The number of nitrogens with zero attached hydrogens (tertiary/aromatic N) is 1. The molecule has 0 radical (unpaired) electrons. The molecule has 0 spiro atoms. The Kier molecular flexibility index (Phi) is 5.87. The molecule has 0 saturated carbocycles. The molecule has 0 aromatic carbocycles. The molecule has 0 bridgehead atoms. The van der Waals surface area contributed by atoms with Crippen LogP contribution in [0, 0.1) is 17.8 Å². The lowest BCUT2D eigenvalue weighted by atomic mass is 10.0. The van der Waals surface area contributed by atoms with E-state index in [1.807, 2.05) is 0 Å². The zero-order valence-corrected chi connectivity index (χ0v) is 7.56.